The quantitative estimate of drug-likeness (QED) is 0.877. The second kappa shape index (κ2) is 7.08. The van der Waals surface area contributed by atoms with Gasteiger partial charge in [0, 0.05) is 13.1 Å². The molecule has 2 rings (SSSR count). The van der Waals surface area contributed by atoms with E-state index in [1.807, 2.05) is 55.6 Å². The topological polar surface area (TPSA) is 32.7 Å². The maximum atomic E-state index is 10.2. The van der Waals surface area contributed by atoms with Crippen LogP contribution in [0.15, 0.2) is 54.6 Å². The van der Waals surface area contributed by atoms with E-state index in [0.717, 1.165) is 17.9 Å². The fourth-order valence-corrected chi connectivity index (χ4v) is 2.22. The van der Waals surface area contributed by atoms with E-state index >= 15 is 0 Å². The summed E-state index contributed by atoms with van der Waals surface area (Å²) < 4.78 is 5.22. The minimum absolute atomic E-state index is 0.466. The van der Waals surface area contributed by atoms with E-state index in [1.54, 1.807) is 7.11 Å². The summed E-state index contributed by atoms with van der Waals surface area (Å²) in [4.78, 5) is 2.10. The first kappa shape index (κ1) is 14.6. The van der Waals surface area contributed by atoms with Gasteiger partial charge in [0.15, 0.2) is 0 Å². The van der Waals surface area contributed by atoms with Crippen LogP contribution in [0.25, 0.3) is 0 Å². The Bertz CT molecular complexity index is 528. The van der Waals surface area contributed by atoms with Crippen LogP contribution in [0.5, 0.6) is 5.75 Å². The molecule has 0 saturated heterocycles. The standard InChI is InChI=1S/C17H21NO2/c1-18(12-14-7-6-10-16(11-14)20-2)13-17(19)15-8-4-3-5-9-15/h3-11,17,19H,12-13H2,1-2H3. The summed E-state index contributed by atoms with van der Waals surface area (Å²) in [6.07, 6.45) is -0.466. The Labute approximate surface area is 120 Å². The average Bonchev–Trinajstić information content (AvgIpc) is 2.48. The molecule has 0 aliphatic rings. The third-order valence-electron chi connectivity index (χ3n) is 3.26. The first-order chi connectivity index (χ1) is 9.69. The first-order valence-corrected chi connectivity index (χ1v) is 6.73. The van der Waals surface area contributed by atoms with Gasteiger partial charge in [0.05, 0.1) is 13.2 Å². The number of nitrogens with zero attached hydrogens (tertiary/aromatic N) is 1. The van der Waals surface area contributed by atoms with Gasteiger partial charge in [0.1, 0.15) is 5.75 Å². The summed E-state index contributed by atoms with van der Waals surface area (Å²) >= 11 is 0. The Hall–Kier alpha value is -1.84. The number of rotatable bonds is 6. The molecule has 0 bridgehead atoms. The molecule has 2 aromatic carbocycles. The average molecular weight is 271 g/mol. The molecule has 0 heterocycles. The number of hydrogen-bond acceptors (Lipinski definition) is 3. The minimum atomic E-state index is -0.466. The number of methoxy groups -OCH3 is 1. The molecule has 0 radical (unpaired) electrons. The van der Waals surface area contributed by atoms with E-state index in [4.69, 9.17) is 4.74 Å². The van der Waals surface area contributed by atoms with E-state index in [0.29, 0.717) is 6.54 Å². The maximum absolute atomic E-state index is 10.2. The second-order valence-electron chi connectivity index (χ2n) is 4.97. The van der Waals surface area contributed by atoms with E-state index in [1.165, 1.54) is 5.56 Å². The summed E-state index contributed by atoms with van der Waals surface area (Å²) in [5.74, 6) is 0.861. The predicted octanol–water partition coefficient (Wildman–Crippen LogP) is 2.86. The molecule has 0 aromatic heterocycles. The van der Waals surface area contributed by atoms with Crippen LogP contribution in [-0.2, 0) is 6.54 Å². The van der Waals surface area contributed by atoms with Gasteiger partial charge in [-0.1, -0.05) is 42.5 Å². The molecule has 1 unspecified atom stereocenters. The van der Waals surface area contributed by atoms with Gasteiger partial charge in [-0.15, -0.1) is 0 Å². The van der Waals surface area contributed by atoms with E-state index < -0.39 is 6.10 Å². The number of aliphatic hydroxyl groups excluding tert-OH is 1. The van der Waals surface area contributed by atoms with Crippen molar-refractivity contribution >= 4 is 0 Å². The Morgan fingerprint density at radius 1 is 1.10 bits per heavy atom. The van der Waals surface area contributed by atoms with Gasteiger partial charge in [0.25, 0.3) is 0 Å². The monoisotopic (exact) mass is 271 g/mol. The van der Waals surface area contributed by atoms with Crippen LogP contribution in [0.4, 0.5) is 0 Å². The van der Waals surface area contributed by atoms with Gasteiger partial charge in [-0.25, -0.2) is 0 Å². The van der Waals surface area contributed by atoms with Crippen molar-refractivity contribution in [3.63, 3.8) is 0 Å². The molecule has 0 aliphatic heterocycles. The van der Waals surface area contributed by atoms with Crippen LogP contribution in [0.3, 0.4) is 0 Å². The molecule has 0 spiro atoms. The Kier molecular flexibility index (Phi) is 5.16. The van der Waals surface area contributed by atoms with Crippen LogP contribution in [0.1, 0.15) is 17.2 Å². The zero-order valence-corrected chi connectivity index (χ0v) is 12.0. The SMILES string of the molecule is COc1cccc(CN(C)CC(O)c2ccccc2)c1. The Morgan fingerprint density at radius 2 is 1.85 bits per heavy atom. The lowest BCUT2D eigenvalue weighted by molar-refractivity contribution is 0.124. The molecule has 1 N–H and O–H groups in total. The lowest BCUT2D eigenvalue weighted by Gasteiger charge is -2.21. The number of likely N-dealkylation sites (N-methyl/N-ethyl adjacent to an activating group) is 1. The van der Waals surface area contributed by atoms with Crippen molar-refractivity contribution in [2.24, 2.45) is 0 Å². The molecule has 0 aliphatic carbocycles. The number of hydrogen-bond donors (Lipinski definition) is 1. The number of ether oxygens (including phenoxy) is 1. The van der Waals surface area contributed by atoms with Crippen LogP contribution in [-0.4, -0.2) is 30.7 Å². The highest BCUT2D eigenvalue weighted by Gasteiger charge is 2.10. The third kappa shape index (κ3) is 4.08. The number of aliphatic hydroxyl groups is 1. The lowest BCUT2D eigenvalue weighted by Crippen LogP contribution is -2.24. The normalized spacial score (nSPS) is 12.4. The lowest BCUT2D eigenvalue weighted by atomic mass is 10.1. The molecule has 0 saturated carbocycles. The highest BCUT2D eigenvalue weighted by molar-refractivity contribution is 5.28. The molecule has 0 amide bonds. The minimum Gasteiger partial charge on any atom is -0.497 e. The summed E-state index contributed by atoms with van der Waals surface area (Å²) in [5, 5.41) is 10.2. The molecule has 2 aromatic rings. The number of benzene rings is 2. The molecule has 20 heavy (non-hydrogen) atoms. The smallest absolute Gasteiger partial charge is 0.119 e. The van der Waals surface area contributed by atoms with E-state index in [-0.39, 0.29) is 0 Å². The van der Waals surface area contributed by atoms with Gasteiger partial charge < -0.3 is 9.84 Å². The Morgan fingerprint density at radius 3 is 2.55 bits per heavy atom. The second-order valence-corrected chi connectivity index (χ2v) is 4.97. The van der Waals surface area contributed by atoms with Crippen molar-refractivity contribution in [1.29, 1.82) is 0 Å². The van der Waals surface area contributed by atoms with Crippen molar-refractivity contribution in [2.45, 2.75) is 12.6 Å². The predicted molar refractivity (Wildman–Crippen MR) is 80.7 cm³/mol. The van der Waals surface area contributed by atoms with E-state index in [9.17, 15) is 5.11 Å². The first-order valence-electron chi connectivity index (χ1n) is 6.73. The van der Waals surface area contributed by atoms with Crippen molar-refractivity contribution in [3.05, 3.63) is 65.7 Å². The summed E-state index contributed by atoms with van der Waals surface area (Å²) in [6.45, 7) is 1.38. The highest BCUT2D eigenvalue weighted by Crippen LogP contribution is 2.17. The van der Waals surface area contributed by atoms with E-state index in [2.05, 4.69) is 11.0 Å². The summed E-state index contributed by atoms with van der Waals surface area (Å²) in [7, 11) is 3.67. The molecule has 3 heteroatoms. The van der Waals surface area contributed by atoms with Gasteiger partial charge in [-0.3, -0.25) is 4.90 Å². The largest absolute Gasteiger partial charge is 0.497 e. The highest BCUT2D eigenvalue weighted by atomic mass is 16.5. The van der Waals surface area contributed by atoms with Gasteiger partial charge in [0.2, 0.25) is 0 Å². The molecule has 0 fully saturated rings. The zero-order chi connectivity index (χ0) is 14.4. The van der Waals surface area contributed by atoms with Crippen molar-refractivity contribution in [1.82, 2.24) is 4.90 Å². The third-order valence-corrected chi connectivity index (χ3v) is 3.26. The van der Waals surface area contributed by atoms with Crippen LogP contribution in [0, 0.1) is 0 Å². The zero-order valence-electron chi connectivity index (χ0n) is 12.0. The van der Waals surface area contributed by atoms with Gasteiger partial charge in [-0.2, -0.15) is 0 Å². The molecule has 3 nitrogen and oxygen atoms in total. The summed E-state index contributed by atoms with van der Waals surface area (Å²) in [6, 6.07) is 17.7. The molecule has 106 valence electrons. The van der Waals surface area contributed by atoms with Gasteiger partial charge in [-0.05, 0) is 30.3 Å². The molecular weight excluding hydrogens is 250 g/mol. The fraction of sp³-hybridized carbons (Fsp3) is 0.294. The van der Waals surface area contributed by atoms with Crippen molar-refractivity contribution < 1.29 is 9.84 Å². The molecule has 1 atom stereocenters. The maximum Gasteiger partial charge on any atom is 0.119 e. The van der Waals surface area contributed by atoms with Crippen LogP contribution in [0.2, 0.25) is 0 Å². The fourth-order valence-electron chi connectivity index (χ4n) is 2.22. The summed E-state index contributed by atoms with van der Waals surface area (Å²) in [5.41, 5.74) is 2.12. The van der Waals surface area contributed by atoms with Crippen molar-refractivity contribution in [3.8, 4) is 5.75 Å². The van der Waals surface area contributed by atoms with Crippen molar-refractivity contribution in [2.75, 3.05) is 20.7 Å². The molecular formula is C17H21NO2. The van der Waals surface area contributed by atoms with Crippen LogP contribution >= 0.6 is 0 Å². The Balaban J connectivity index is 1.93. The van der Waals surface area contributed by atoms with Gasteiger partial charge >= 0.3 is 0 Å². The van der Waals surface area contributed by atoms with Crippen LogP contribution < -0.4 is 4.74 Å².